The molecule has 0 saturated carbocycles. The van der Waals surface area contributed by atoms with Gasteiger partial charge < -0.3 is 10.1 Å². The zero-order valence-electron chi connectivity index (χ0n) is 12.1. The Bertz CT molecular complexity index is 226. The summed E-state index contributed by atoms with van der Waals surface area (Å²) < 4.78 is 4.55. The third-order valence-electron chi connectivity index (χ3n) is 3.34. The van der Waals surface area contributed by atoms with Gasteiger partial charge in [-0.2, -0.15) is 0 Å². The molecule has 0 amide bonds. The van der Waals surface area contributed by atoms with Crippen LogP contribution in [0, 0.1) is 0 Å². The molecule has 0 aliphatic carbocycles. The van der Waals surface area contributed by atoms with Crippen LogP contribution in [0.2, 0.25) is 0 Å². The highest BCUT2D eigenvalue weighted by atomic mass is 16.5. The fourth-order valence-electron chi connectivity index (χ4n) is 2.38. The topological polar surface area (TPSA) is 41.6 Å². The van der Waals surface area contributed by atoms with E-state index < -0.39 is 0 Å². The molecule has 18 heavy (non-hydrogen) atoms. The number of likely N-dealkylation sites (tertiary alicyclic amines) is 1. The van der Waals surface area contributed by atoms with Crippen molar-refractivity contribution < 1.29 is 9.53 Å². The van der Waals surface area contributed by atoms with Crippen LogP contribution in [-0.4, -0.2) is 49.2 Å². The van der Waals surface area contributed by atoms with Crippen molar-refractivity contribution in [3.63, 3.8) is 0 Å². The predicted molar refractivity (Wildman–Crippen MR) is 73.6 cm³/mol. The molecule has 2 saturated heterocycles. The molecule has 0 radical (unpaired) electrons. The van der Waals surface area contributed by atoms with E-state index in [0.29, 0.717) is 6.47 Å². The molecule has 2 rings (SSSR count). The van der Waals surface area contributed by atoms with Crippen molar-refractivity contribution >= 4 is 6.47 Å². The number of hydrogen-bond donors (Lipinski definition) is 1. The molecular weight excluding hydrogens is 228 g/mol. The summed E-state index contributed by atoms with van der Waals surface area (Å²) in [5.41, 5.74) is -0.318. The number of rotatable bonds is 2. The van der Waals surface area contributed by atoms with Crippen LogP contribution in [0.15, 0.2) is 0 Å². The van der Waals surface area contributed by atoms with Crippen molar-refractivity contribution in [1.29, 1.82) is 0 Å². The predicted octanol–water partition coefficient (Wildman–Crippen LogP) is 1.79. The second-order valence-corrected chi connectivity index (χ2v) is 6.07. The first-order chi connectivity index (χ1) is 8.53. The number of carbonyl (C=O) groups excluding carboxylic acids is 1. The van der Waals surface area contributed by atoms with E-state index in [9.17, 15) is 4.79 Å². The minimum atomic E-state index is -0.318. The quantitative estimate of drug-likeness (QED) is 0.765. The normalized spacial score (nSPS) is 25.2. The van der Waals surface area contributed by atoms with Crippen LogP contribution < -0.4 is 5.32 Å². The zero-order chi connectivity index (χ0) is 13.4. The first-order valence-corrected chi connectivity index (χ1v) is 7.09. The maximum absolute atomic E-state index is 9.60. The number of hydrogen-bond acceptors (Lipinski definition) is 4. The summed E-state index contributed by atoms with van der Waals surface area (Å²) >= 11 is 0. The van der Waals surface area contributed by atoms with Gasteiger partial charge in [-0.25, -0.2) is 0 Å². The van der Waals surface area contributed by atoms with Crippen LogP contribution in [0.25, 0.3) is 0 Å². The van der Waals surface area contributed by atoms with Crippen molar-refractivity contribution in [1.82, 2.24) is 10.2 Å². The maximum Gasteiger partial charge on any atom is 0.293 e. The van der Waals surface area contributed by atoms with Gasteiger partial charge in [-0.15, -0.1) is 0 Å². The Morgan fingerprint density at radius 3 is 2.28 bits per heavy atom. The van der Waals surface area contributed by atoms with E-state index in [1.807, 2.05) is 20.8 Å². The smallest absolute Gasteiger partial charge is 0.293 e. The molecule has 0 spiro atoms. The van der Waals surface area contributed by atoms with Crippen molar-refractivity contribution in [3.05, 3.63) is 0 Å². The van der Waals surface area contributed by atoms with E-state index in [0.717, 1.165) is 6.04 Å². The van der Waals surface area contributed by atoms with Gasteiger partial charge in [0, 0.05) is 12.6 Å². The lowest BCUT2D eigenvalue weighted by Gasteiger charge is -2.31. The monoisotopic (exact) mass is 256 g/mol. The molecule has 2 aliphatic rings. The number of piperidine rings is 1. The molecule has 1 atom stereocenters. The van der Waals surface area contributed by atoms with E-state index in [1.165, 1.54) is 51.9 Å². The van der Waals surface area contributed by atoms with Crippen molar-refractivity contribution in [2.24, 2.45) is 0 Å². The minimum absolute atomic E-state index is 0.318. The zero-order valence-corrected chi connectivity index (χ0v) is 12.1. The van der Waals surface area contributed by atoms with Gasteiger partial charge >= 0.3 is 0 Å². The number of nitrogens with one attached hydrogen (secondary N) is 1. The Kier molecular flexibility index (Phi) is 6.65. The standard InChI is InChI=1S/C9H18N2.C5H10O2/c1-2-6-11(7-3-1)9-4-5-10-8-9;1-5(2,3)7-4-6/h9-10H,1-8H2;4H,1-3H3. The van der Waals surface area contributed by atoms with Crippen molar-refractivity contribution in [2.45, 2.75) is 58.1 Å². The van der Waals surface area contributed by atoms with E-state index in [-0.39, 0.29) is 5.60 Å². The lowest BCUT2D eigenvalue weighted by molar-refractivity contribution is -0.138. The summed E-state index contributed by atoms with van der Waals surface area (Å²) in [6, 6.07) is 0.871. The van der Waals surface area contributed by atoms with Gasteiger partial charge in [-0.1, -0.05) is 6.42 Å². The molecule has 106 valence electrons. The average Bonchev–Trinajstić information content (AvgIpc) is 2.83. The van der Waals surface area contributed by atoms with Gasteiger partial charge in [0.1, 0.15) is 5.60 Å². The van der Waals surface area contributed by atoms with Crippen LogP contribution in [0.1, 0.15) is 46.5 Å². The van der Waals surface area contributed by atoms with Crippen LogP contribution in [-0.2, 0) is 9.53 Å². The molecule has 0 aromatic heterocycles. The summed E-state index contributed by atoms with van der Waals surface area (Å²) in [5.74, 6) is 0. The minimum Gasteiger partial charge on any atom is -0.462 e. The number of ether oxygens (including phenoxy) is 1. The van der Waals surface area contributed by atoms with E-state index in [4.69, 9.17) is 0 Å². The van der Waals surface area contributed by atoms with E-state index in [2.05, 4.69) is 15.0 Å². The average molecular weight is 256 g/mol. The molecule has 2 aliphatic heterocycles. The molecule has 1 unspecified atom stereocenters. The van der Waals surface area contributed by atoms with E-state index in [1.54, 1.807) is 0 Å². The maximum atomic E-state index is 9.60. The third kappa shape index (κ3) is 6.36. The van der Waals surface area contributed by atoms with Crippen LogP contribution in [0.3, 0.4) is 0 Å². The first kappa shape index (κ1) is 15.4. The summed E-state index contributed by atoms with van der Waals surface area (Å²) in [7, 11) is 0. The molecule has 0 aromatic carbocycles. The third-order valence-corrected chi connectivity index (χ3v) is 3.34. The molecule has 0 aromatic rings. The SMILES string of the molecule is C1CCN(C2CCNC2)CC1.CC(C)(C)OC=O. The van der Waals surface area contributed by atoms with Gasteiger partial charge in [0.15, 0.2) is 0 Å². The molecule has 2 heterocycles. The highest BCUT2D eigenvalue weighted by Crippen LogP contribution is 2.15. The Morgan fingerprint density at radius 1 is 1.22 bits per heavy atom. The highest BCUT2D eigenvalue weighted by molar-refractivity contribution is 5.37. The summed E-state index contributed by atoms with van der Waals surface area (Å²) in [5, 5.41) is 3.43. The van der Waals surface area contributed by atoms with Crippen LogP contribution in [0.4, 0.5) is 0 Å². The molecule has 0 bridgehead atoms. The largest absolute Gasteiger partial charge is 0.462 e. The van der Waals surface area contributed by atoms with Gasteiger partial charge in [0.2, 0.25) is 0 Å². The van der Waals surface area contributed by atoms with Crippen molar-refractivity contribution in [2.75, 3.05) is 26.2 Å². The molecule has 2 fully saturated rings. The Labute approximate surface area is 111 Å². The van der Waals surface area contributed by atoms with Gasteiger partial charge in [0.05, 0.1) is 0 Å². The Hall–Kier alpha value is -0.610. The van der Waals surface area contributed by atoms with Gasteiger partial charge in [-0.3, -0.25) is 9.69 Å². The second-order valence-electron chi connectivity index (χ2n) is 6.07. The number of nitrogens with zero attached hydrogens (tertiary/aromatic N) is 1. The number of carbonyl (C=O) groups is 1. The molecule has 4 nitrogen and oxygen atoms in total. The molecule has 4 heteroatoms. The summed E-state index contributed by atoms with van der Waals surface area (Å²) in [4.78, 5) is 12.3. The fraction of sp³-hybridized carbons (Fsp3) is 0.929. The molecular formula is C14H28N2O2. The highest BCUT2D eigenvalue weighted by Gasteiger charge is 2.22. The lowest BCUT2D eigenvalue weighted by atomic mass is 10.1. The summed E-state index contributed by atoms with van der Waals surface area (Å²) in [6.45, 7) is 11.1. The van der Waals surface area contributed by atoms with Crippen molar-refractivity contribution in [3.8, 4) is 0 Å². The molecule has 1 N–H and O–H groups in total. The second kappa shape index (κ2) is 7.74. The first-order valence-electron chi connectivity index (χ1n) is 7.09. The van der Waals surface area contributed by atoms with Crippen LogP contribution >= 0.6 is 0 Å². The van der Waals surface area contributed by atoms with Gasteiger partial charge in [0.25, 0.3) is 6.47 Å². The Morgan fingerprint density at radius 2 is 1.89 bits per heavy atom. The Balaban J connectivity index is 0.000000203. The van der Waals surface area contributed by atoms with Gasteiger partial charge in [-0.05, 0) is 59.7 Å². The summed E-state index contributed by atoms with van der Waals surface area (Å²) in [6.07, 6.45) is 5.68. The van der Waals surface area contributed by atoms with E-state index >= 15 is 0 Å². The lowest BCUT2D eigenvalue weighted by Crippen LogP contribution is -2.40. The fourth-order valence-corrected chi connectivity index (χ4v) is 2.38. The van der Waals surface area contributed by atoms with Crippen LogP contribution in [0.5, 0.6) is 0 Å².